The van der Waals surface area contributed by atoms with Gasteiger partial charge in [-0.05, 0) is 6.92 Å². The van der Waals surface area contributed by atoms with E-state index in [1.54, 1.807) is 6.92 Å². The number of carbonyl (C=O) groups is 1. The monoisotopic (exact) mass is 254 g/mol. The van der Waals surface area contributed by atoms with Gasteiger partial charge in [0.25, 0.3) is 5.56 Å². The number of hydrogen-bond donors (Lipinski definition) is 4. The smallest absolute Gasteiger partial charge is 0.321 e. The molecule has 0 fully saturated rings. The number of amides is 2. The lowest BCUT2D eigenvalue weighted by Crippen LogP contribution is -3.05. The molecule has 0 aromatic carbocycles. The molecule has 0 radical (unpaired) electrons. The molecule has 1 aromatic rings. The number of H-pyrrole nitrogens is 1. The molecule has 7 nitrogen and oxygen atoms in total. The molecule has 0 atom stereocenters. The van der Waals surface area contributed by atoms with Crippen LogP contribution in [0, 0.1) is 6.92 Å². The molecule has 0 unspecified atom stereocenters. The number of nitrogens with one attached hydrogen (secondary N) is 4. The van der Waals surface area contributed by atoms with Gasteiger partial charge in [0.1, 0.15) is 0 Å². The largest absolute Gasteiger partial charge is 0.340 e. The van der Waals surface area contributed by atoms with Crippen LogP contribution in [0.15, 0.2) is 10.9 Å². The van der Waals surface area contributed by atoms with Crippen molar-refractivity contribution in [3.05, 3.63) is 22.1 Å². The summed E-state index contributed by atoms with van der Waals surface area (Å²) in [7, 11) is 4.11. The van der Waals surface area contributed by atoms with Crippen LogP contribution >= 0.6 is 0 Å². The zero-order valence-corrected chi connectivity index (χ0v) is 11.0. The summed E-state index contributed by atoms with van der Waals surface area (Å²) in [5, 5.41) is 5.19. The number of urea groups is 1. The second kappa shape index (κ2) is 6.75. The average molecular weight is 254 g/mol. The minimum absolute atomic E-state index is 0.163. The Bertz CT molecular complexity index is 455. The molecular weight excluding hydrogens is 234 g/mol. The van der Waals surface area contributed by atoms with Crippen LogP contribution in [0.4, 0.5) is 10.7 Å². The van der Waals surface area contributed by atoms with E-state index < -0.39 is 0 Å². The number of aryl methyl sites for hydroxylation is 1. The molecule has 0 saturated carbocycles. The van der Waals surface area contributed by atoms with Crippen LogP contribution in [-0.4, -0.2) is 43.2 Å². The fraction of sp³-hybridized carbons (Fsp3) is 0.545. The van der Waals surface area contributed by atoms with E-state index in [1.807, 2.05) is 0 Å². The first-order valence-corrected chi connectivity index (χ1v) is 5.89. The van der Waals surface area contributed by atoms with E-state index >= 15 is 0 Å². The topological polar surface area (TPSA) is 91.3 Å². The highest BCUT2D eigenvalue weighted by Crippen LogP contribution is 1.94. The third-order valence-corrected chi connectivity index (χ3v) is 2.24. The highest BCUT2D eigenvalue weighted by molar-refractivity contribution is 5.87. The molecule has 1 heterocycles. The zero-order chi connectivity index (χ0) is 13.5. The summed E-state index contributed by atoms with van der Waals surface area (Å²) in [5.41, 5.74) is 0.277. The van der Waals surface area contributed by atoms with Crippen molar-refractivity contribution in [2.75, 3.05) is 32.5 Å². The summed E-state index contributed by atoms with van der Waals surface area (Å²) in [5.74, 6) is 0.163. The van der Waals surface area contributed by atoms with E-state index in [4.69, 9.17) is 0 Å². The SMILES string of the molecule is Cc1cc(=O)[nH]c(NC(=O)NCCC[NH+](C)C)n1. The molecule has 18 heavy (non-hydrogen) atoms. The number of anilines is 1. The molecule has 7 heteroatoms. The second-order valence-corrected chi connectivity index (χ2v) is 4.43. The third-order valence-electron chi connectivity index (χ3n) is 2.24. The van der Waals surface area contributed by atoms with E-state index in [0.717, 1.165) is 13.0 Å². The Kier molecular flexibility index (Phi) is 5.31. The van der Waals surface area contributed by atoms with Crippen LogP contribution in [0.3, 0.4) is 0 Å². The first kappa shape index (κ1) is 14.2. The molecule has 2 amide bonds. The Morgan fingerprint density at radius 1 is 1.50 bits per heavy atom. The number of aromatic nitrogens is 2. The van der Waals surface area contributed by atoms with Crippen molar-refractivity contribution in [3.8, 4) is 0 Å². The summed E-state index contributed by atoms with van der Waals surface area (Å²) >= 11 is 0. The molecule has 0 spiro atoms. The lowest BCUT2D eigenvalue weighted by atomic mass is 10.4. The summed E-state index contributed by atoms with van der Waals surface area (Å²) in [6.07, 6.45) is 0.896. The van der Waals surface area contributed by atoms with Crippen LogP contribution < -0.4 is 21.1 Å². The van der Waals surface area contributed by atoms with Gasteiger partial charge in [-0.1, -0.05) is 0 Å². The van der Waals surface area contributed by atoms with Gasteiger partial charge in [-0.3, -0.25) is 15.1 Å². The lowest BCUT2D eigenvalue weighted by molar-refractivity contribution is -0.858. The molecule has 1 rings (SSSR count). The maximum absolute atomic E-state index is 11.5. The maximum atomic E-state index is 11.5. The maximum Gasteiger partial charge on any atom is 0.321 e. The number of hydrogen-bond acceptors (Lipinski definition) is 3. The van der Waals surface area contributed by atoms with Crippen LogP contribution in [0.2, 0.25) is 0 Å². The molecule has 0 aliphatic rings. The Balaban J connectivity index is 2.38. The van der Waals surface area contributed by atoms with Gasteiger partial charge >= 0.3 is 6.03 Å². The Morgan fingerprint density at radius 2 is 2.22 bits per heavy atom. The molecule has 0 aliphatic heterocycles. The number of rotatable bonds is 5. The quantitative estimate of drug-likeness (QED) is 0.494. The second-order valence-electron chi connectivity index (χ2n) is 4.43. The first-order valence-electron chi connectivity index (χ1n) is 5.89. The zero-order valence-electron chi connectivity index (χ0n) is 11.0. The number of quaternary nitrogens is 1. The van der Waals surface area contributed by atoms with Gasteiger partial charge < -0.3 is 10.2 Å². The van der Waals surface area contributed by atoms with Crippen molar-refractivity contribution in [2.24, 2.45) is 0 Å². The fourth-order valence-corrected chi connectivity index (χ4v) is 1.43. The Labute approximate surface area is 106 Å². The minimum atomic E-state index is -0.363. The number of aromatic amines is 1. The van der Waals surface area contributed by atoms with Gasteiger partial charge in [-0.15, -0.1) is 0 Å². The van der Waals surface area contributed by atoms with Crippen molar-refractivity contribution >= 4 is 12.0 Å². The highest BCUT2D eigenvalue weighted by Gasteiger charge is 2.04. The molecule has 0 aliphatic carbocycles. The van der Waals surface area contributed by atoms with E-state index in [1.165, 1.54) is 11.0 Å². The van der Waals surface area contributed by atoms with Gasteiger partial charge in [-0.2, -0.15) is 0 Å². The number of carbonyl (C=O) groups excluding carboxylic acids is 1. The molecule has 0 saturated heterocycles. The third kappa shape index (κ3) is 5.44. The van der Waals surface area contributed by atoms with E-state index in [9.17, 15) is 9.59 Å². The van der Waals surface area contributed by atoms with Crippen molar-refractivity contribution < 1.29 is 9.69 Å². The minimum Gasteiger partial charge on any atom is -0.340 e. The molecule has 0 bridgehead atoms. The average Bonchev–Trinajstić information content (AvgIpc) is 2.22. The van der Waals surface area contributed by atoms with Crippen molar-refractivity contribution in [2.45, 2.75) is 13.3 Å². The van der Waals surface area contributed by atoms with Gasteiger partial charge in [0, 0.05) is 24.7 Å². The fourth-order valence-electron chi connectivity index (χ4n) is 1.43. The molecular formula is C11H20N5O2+. The van der Waals surface area contributed by atoms with Crippen LogP contribution in [0.1, 0.15) is 12.1 Å². The molecule has 4 N–H and O–H groups in total. The summed E-state index contributed by atoms with van der Waals surface area (Å²) in [6, 6.07) is 1.00. The number of nitrogens with zero attached hydrogens (tertiary/aromatic N) is 1. The van der Waals surface area contributed by atoms with E-state index in [-0.39, 0.29) is 17.5 Å². The van der Waals surface area contributed by atoms with Crippen molar-refractivity contribution in [1.82, 2.24) is 15.3 Å². The Morgan fingerprint density at radius 3 is 2.83 bits per heavy atom. The van der Waals surface area contributed by atoms with E-state index in [0.29, 0.717) is 12.2 Å². The van der Waals surface area contributed by atoms with Gasteiger partial charge in [0.15, 0.2) is 0 Å². The highest BCUT2D eigenvalue weighted by atomic mass is 16.2. The normalized spacial score (nSPS) is 10.4. The van der Waals surface area contributed by atoms with Gasteiger partial charge in [0.05, 0.1) is 20.6 Å². The summed E-state index contributed by atoms with van der Waals surface area (Å²) in [6.45, 7) is 3.27. The predicted molar refractivity (Wildman–Crippen MR) is 68.9 cm³/mol. The van der Waals surface area contributed by atoms with Gasteiger partial charge in [-0.25, -0.2) is 9.78 Å². The first-order chi connectivity index (χ1) is 8.47. The van der Waals surface area contributed by atoms with Crippen LogP contribution in [0.25, 0.3) is 0 Å². The lowest BCUT2D eigenvalue weighted by Gasteiger charge is -2.08. The van der Waals surface area contributed by atoms with Crippen LogP contribution in [-0.2, 0) is 0 Å². The molecule has 100 valence electrons. The molecule has 1 aromatic heterocycles. The van der Waals surface area contributed by atoms with Crippen molar-refractivity contribution in [1.29, 1.82) is 0 Å². The standard InChI is InChI=1S/C11H19N5O2/c1-8-7-9(17)14-10(13-8)15-11(18)12-5-4-6-16(2)3/h7H,4-6H2,1-3H3,(H3,12,13,14,15,17,18)/p+1. The van der Waals surface area contributed by atoms with Crippen LogP contribution in [0.5, 0.6) is 0 Å². The predicted octanol–water partition coefficient (Wildman–Crippen LogP) is -1.27. The summed E-state index contributed by atoms with van der Waals surface area (Å²) < 4.78 is 0. The van der Waals surface area contributed by atoms with Gasteiger partial charge in [0.2, 0.25) is 5.95 Å². The van der Waals surface area contributed by atoms with E-state index in [2.05, 4.69) is 34.7 Å². The summed E-state index contributed by atoms with van der Waals surface area (Å²) in [4.78, 5) is 30.4. The Hall–Kier alpha value is -1.89. The van der Waals surface area contributed by atoms with Crippen molar-refractivity contribution in [3.63, 3.8) is 0 Å².